The standard InChI is InChI=1S/C18H24N4O2.C2HF3O2/c1-2-4-16(5-3-1)9-21-6-7-23-13-18(12-21)8-17(11-24-18)10-22-14-19-20-15-22;3-2(4,5)1(6)7/h1-5,14-15,17H,6-13H2;(H,6,7). The Morgan fingerprint density at radius 3 is 2.55 bits per heavy atom. The van der Waals surface area contributed by atoms with Gasteiger partial charge in [-0.2, -0.15) is 13.2 Å². The van der Waals surface area contributed by atoms with Crippen LogP contribution in [0, 0.1) is 5.92 Å². The average molecular weight is 442 g/mol. The van der Waals surface area contributed by atoms with Gasteiger partial charge in [-0.1, -0.05) is 30.3 Å². The Morgan fingerprint density at radius 1 is 1.23 bits per heavy atom. The third-order valence-electron chi connectivity index (χ3n) is 5.14. The monoisotopic (exact) mass is 442 g/mol. The number of aromatic nitrogens is 3. The Hall–Kier alpha value is -2.50. The molecular weight excluding hydrogens is 417 g/mol. The van der Waals surface area contributed by atoms with Crippen LogP contribution in [0.25, 0.3) is 0 Å². The van der Waals surface area contributed by atoms with E-state index in [4.69, 9.17) is 19.4 Å². The summed E-state index contributed by atoms with van der Waals surface area (Å²) in [6, 6.07) is 10.6. The highest BCUT2D eigenvalue weighted by molar-refractivity contribution is 5.73. The smallest absolute Gasteiger partial charge is 0.475 e. The van der Waals surface area contributed by atoms with Gasteiger partial charge in [0.15, 0.2) is 0 Å². The second-order valence-electron chi connectivity index (χ2n) is 7.77. The molecule has 0 amide bonds. The van der Waals surface area contributed by atoms with Gasteiger partial charge in [-0.15, -0.1) is 10.2 Å². The number of halogens is 3. The first-order chi connectivity index (χ1) is 14.8. The molecule has 2 aromatic rings. The van der Waals surface area contributed by atoms with E-state index < -0.39 is 12.1 Å². The molecule has 2 fully saturated rings. The number of carboxylic acid groups (broad SMARTS) is 1. The maximum atomic E-state index is 10.6. The van der Waals surface area contributed by atoms with Crippen molar-refractivity contribution in [1.82, 2.24) is 19.7 Å². The second kappa shape index (κ2) is 10.2. The first kappa shape index (κ1) is 23.2. The van der Waals surface area contributed by atoms with Gasteiger partial charge in [-0.25, -0.2) is 4.79 Å². The van der Waals surface area contributed by atoms with E-state index in [9.17, 15) is 13.2 Å². The summed E-state index contributed by atoms with van der Waals surface area (Å²) in [6.07, 6.45) is -0.511. The summed E-state index contributed by atoms with van der Waals surface area (Å²) < 4.78 is 45.9. The molecule has 2 aliphatic rings. The second-order valence-corrected chi connectivity index (χ2v) is 7.77. The minimum absolute atomic E-state index is 0.177. The first-order valence-electron chi connectivity index (χ1n) is 9.86. The fraction of sp³-hybridized carbons (Fsp3) is 0.550. The summed E-state index contributed by atoms with van der Waals surface area (Å²) in [7, 11) is 0. The highest BCUT2D eigenvalue weighted by Crippen LogP contribution is 2.34. The number of rotatable bonds is 4. The first-order valence-corrected chi connectivity index (χ1v) is 9.86. The molecule has 3 heterocycles. The van der Waals surface area contributed by atoms with E-state index in [1.54, 1.807) is 12.7 Å². The van der Waals surface area contributed by atoms with Crippen molar-refractivity contribution in [3.63, 3.8) is 0 Å². The summed E-state index contributed by atoms with van der Waals surface area (Å²) in [5.74, 6) is -2.27. The van der Waals surface area contributed by atoms with Gasteiger partial charge in [0.2, 0.25) is 0 Å². The van der Waals surface area contributed by atoms with Crippen molar-refractivity contribution in [3.05, 3.63) is 48.5 Å². The number of ether oxygens (including phenoxy) is 2. The molecule has 1 aromatic carbocycles. The van der Waals surface area contributed by atoms with Gasteiger partial charge < -0.3 is 19.1 Å². The molecule has 11 heteroatoms. The van der Waals surface area contributed by atoms with Crippen molar-refractivity contribution in [2.45, 2.75) is 31.3 Å². The summed E-state index contributed by atoms with van der Waals surface area (Å²) in [4.78, 5) is 11.4. The molecule has 0 radical (unpaired) electrons. The fourth-order valence-electron chi connectivity index (χ4n) is 3.84. The number of alkyl halides is 3. The Morgan fingerprint density at radius 2 is 1.90 bits per heavy atom. The highest BCUT2D eigenvalue weighted by atomic mass is 19.4. The lowest BCUT2D eigenvalue weighted by molar-refractivity contribution is -0.192. The molecule has 1 aromatic heterocycles. The number of hydrogen-bond acceptors (Lipinski definition) is 6. The zero-order valence-electron chi connectivity index (χ0n) is 16.9. The molecule has 4 rings (SSSR count). The summed E-state index contributed by atoms with van der Waals surface area (Å²) >= 11 is 0. The SMILES string of the molecule is O=C(O)C(F)(F)F.c1ccc(CN2CCOCC3(CC(Cn4cnnc4)CO3)C2)cc1. The topological polar surface area (TPSA) is 89.7 Å². The molecule has 1 spiro atoms. The average Bonchev–Trinajstić information content (AvgIpc) is 3.31. The minimum atomic E-state index is -5.08. The van der Waals surface area contributed by atoms with Crippen LogP contribution in [0.1, 0.15) is 12.0 Å². The number of benzene rings is 1. The van der Waals surface area contributed by atoms with E-state index >= 15 is 0 Å². The van der Waals surface area contributed by atoms with Gasteiger partial charge in [-0.3, -0.25) is 4.90 Å². The molecule has 2 aliphatic heterocycles. The van der Waals surface area contributed by atoms with Gasteiger partial charge in [0.05, 0.1) is 19.8 Å². The number of hydrogen-bond donors (Lipinski definition) is 1. The predicted octanol–water partition coefficient (Wildman–Crippen LogP) is 2.22. The van der Waals surface area contributed by atoms with Gasteiger partial charge in [0.1, 0.15) is 18.3 Å². The van der Waals surface area contributed by atoms with Crippen molar-refractivity contribution >= 4 is 5.97 Å². The molecular formula is C20H25F3N4O4. The molecule has 8 nitrogen and oxygen atoms in total. The third kappa shape index (κ3) is 7.01. The molecule has 0 saturated carbocycles. The minimum Gasteiger partial charge on any atom is -0.475 e. The Balaban J connectivity index is 0.000000339. The van der Waals surface area contributed by atoms with Gasteiger partial charge in [-0.05, 0) is 12.0 Å². The van der Waals surface area contributed by atoms with Crippen LogP contribution in [0.3, 0.4) is 0 Å². The van der Waals surface area contributed by atoms with E-state index in [1.807, 2.05) is 4.57 Å². The molecule has 0 bridgehead atoms. The van der Waals surface area contributed by atoms with Crippen LogP contribution in [0.4, 0.5) is 13.2 Å². The van der Waals surface area contributed by atoms with Crippen LogP contribution in [0.2, 0.25) is 0 Å². The van der Waals surface area contributed by atoms with Crippen molar-refractivity contribution in [3.8, 4) is 0 Å². The number of carbonyl (C=O) groups is 1. The van der Waals surface area contributed by atoms with Crippen molar-refractivity contribution in [2.24, 2.45) is 5.92 Å². The lowest BCUT2D eigenvalue weighted by Gasteiger charge is -2.31. The molecule has 0 aliphatic carbocycles. The largest absolute Gasteiger partial charge is 0.490 e. The lowest BCUT2D eigenvalue weighted by atomic mass is 9.94. The van der Waals surface area contributed by atoms with E-state index in [-0.39, 0.29) is 5.60 Å². The fourth-order valence-corrected chi connectivity index (χ4v) is 3.84. The van der Waals surface area contributed by atoms with E-state index in [0.29, 0.717) is 12.5 Å². The van der Waals surface area contributed by atoms with Crippen LogP contribution in [0.5, 0.6) is 0 Å². The predicted molar refractivity (Wildman–Crippen MR) is 103 cm³/mol. The molecule has 2 saturated heterocycles. The number of nitrogens with zero attached hydrogens (tertiary/aromatic N) is 4. The van der Waals surface area contributed by atoms with Gasteiger partial charge >= 0.3 is 12.1 Å². The zero-order chi connectivity index (χ0) is 22.3. The third-order valence-corrected chi connectivity index (χ3v) is 5.14. The van der Waals surface area contributed by atoms with Crippen molar-refractivity contribution in [1.29, 1.82) is 0 Å². The number of carboxylic acids is 1. The van der Waals surface area contributed by atoms with E-state index in [1.165, 1.54) is 5.56 Å². The summed E-state index contributed by atoms with van der Waals surface area (Å²) in [5, 5.41) is 14.9. The van der Waals surface area contributed by atoms with Crippen LogP contribution in [-0.2, 0) is 27.4 Å². The highest BCUT2D eigenvalue weighted by Gasteiger charge is 2.43. The summed E-state index contributed by atoms with van der Waals surface area (Å²) in [5.41, 5.74) is 1.16. The normalized spacial score (nSPS) is 24.4. The molecule has 2 atom stereocenters. The van der Waals surface area contributed by atoms with Crippen LogP contribution >= 0.6 is 0 Å². The number of aliphatic carboxylic acids is 1. The van der Waals surface area contributed by atoms with Crippen LogP contribution in [-0.4, -0.2) is 75.4 Å². The molecule has 2 unspecified atom stereocenters. The van der Waals surface area contributed by atoms with E-state index in [0.717, 1.165) is 45.8 Å². The van der Waals surface area contributed by atoms with Crippen molar-refractivity contribution in [2.75, 3.05) is 32.9 Å². The molecule has 170 valence electrons. The quantitative estimate of drug-likeness (QED) is 0.777. The lowest BCUT2D eigenvalue weighted by Crippen LogP contribution is -2.43. The summed E-state index contributed by atoms with van der Waals surface area (Å²) in [6.45, 7) is 5.99. The van der Waals surface area contributed by atoms with Gasteiger partial charge in [0, 0.05) is 32.1 Å². The zero-order valence-corrected chi connectivity index (χ0v) is 16.9. The van der Waals surface area contributed by atoms with E-state index in [2.05, 4.69) is 45.4 Å². The van der Waals surface area contributed by atoms with Crippen LogP contribution in [0.15, 0.2) is 43.0 Å². The van der Waals surface area contributed by atoms with Crippen molar-refractivity contribution < 1.29 is 32.5 Å². The molecule has 1 N–H and O–H groups in total. The molecule has 31 heavy (non-hydrogen) atoms. The maximum Gasteiger partial charge on any atom is 0.490 e. The Labute approximate surface area is 177 Å². The van der Waals surface area contributed by atoms with Crippen LogP contribution < -0.4 is 0 Å². The Kier molecular flexibility index (Phi) is 7.63. The maximum absolute atomic E-state index is 10.6. The Bertz CT molecular complexity index is 820. The van der Waals surface area contributed by atoms with Gasteiger partial charge in [0.25, 0.3) is 0 Å².